The summed E-state index contributed by atoms with van der Waals surface area (Å²) in [5, 5.41) is 18.4. The van der Waals surface area contributed by atoms with Gasteiger partial charge in [0.05, 0.1) is 5.60 Å². The SMILES string of the molecule is CC(C)Cn1ncnc1CC(C)(O)C1CCCNC1. The molecule has 0 radical (unpaired) electrons. The predicted octanol–water partition coefficient (Wildman–Crippen LogP) is 1.23. The Morgan fingerprint density at radius 1 is 1.58 bits per heavy atom. The highest BCUT2D eigenvalue weighted by molar-refractivity contribution is 4.97. The van der Waals surface area contributed by atoms with Gasteiger partial charge in [0.25, 0.3) is 0 Å². The van der Waals surface area contributed by atoms with Crippen LogP contribution in [0.4, 0.5) is 0 Å². The van der Waals surface area contributed by atoms with E-state index in [-0.39, 0.29) is 0 Å². The third-order valence-corrected chi connectivity index (χ3v) is 3.93. The minimum atomic E-state index is -0.713. The molecule has 2 atom stereocenters. The van der Waals surface area contributed by atoms with Crippen LogP contribution in [0.1, 0.15) is 39.4 Å². The first kappa shape index (κ1) is 14.5. The third-order valence-electron chi connectivity index (χ3n) is 3.93. The number of nitrogens with one attached hydrogen (secondary N) is 1. The molecule has 2 rings (SSSR count). The summed E-state index contributed by atoms with van der Waals surface area (Å²) in [5.74, 6) is 1.72. The first-order valence-electron chi connectivity index (χ1n) is 7.29. The number of nitrogens with zero attached hydrogens (tertiary/aromatic N) is 3. The van der Waals surface area contributed by atoms with Gasteiger partial charge in [-0.2, -0.15) is 5.10 Å². The summed E-state index contributed by atoms with van der Waals surface area (Å²) in [6, 6.07) is 0. The van der Waals surface area contributed by atoms with Crippen LogP contribution < -0.4 is 5.32 Å². The molecule has 0 bridgehead atoms. The van der Waals surface area contributed by atoms with Crippen LogP contribution in [-0.4, -0.2) is 38.6 Å². The molecule has 1 aliphatic heterocycles. The van der Waals surface area contributed by atoms with Crippen LogP contribution in [-0.2, 0) is 13.0 Å². The van der Waals surface area contributed by atoms with Crippen LogP contribution in [0.3, 0.4) is 0 Å². The molecule has 2 unspecified atom stereocenters. The van der Waals surface area contributed by atoms with Crippen LogP contribution in [0.5, 0.6) is 0 Å². The topological polar surface area (TPSA) is 63.0 Å². The summed E-state index contributed by atoms with van der Waals surface area (Å²) in [4.78, 5) is 4.32. The summed E-state index contributed by atoms with van der Waals surface area (Å²) in [7, 11) is 0. The molecule has 1 aromatic heterocycles. The zero-order chi connectivity index (χ0) is 13.9. The van der Waals surface area contributed by atoms with E-state index in [1.165, 1.54) is 0 Å². The van der Waals surface area contributed by atoms with E-state index in [0.29, 0.717) is 18.3 Å². The van der Waals surface area contributed by atoms with Crippen LogP contribution in [0.15, 0.2) is 6.33 Å². The smallest absolute Gasteiger partial charge is 0.138 e. The average Bonchev–Trinajstić information content (AvgIpc) is 2.76. The van der Waals surface area contributed by atoms with Crippen molar-refractivity contribution in [3.05, 3.63) is 12.2 Å². The van der Waals surface area contributed by atoms with Crippen LogP contribution >= 0.6 is 0 Å². The highest BCUT2D eigenvalue weighted by Gasteiger charge is 2.34. The van der Waals surface area contributed by atoms with E-state index in [0.717, 1.165) is 38.3 Å². The second kappa shape index (κ2) is 6.01. The number of aliphatic hydroxyl groups is 1. The van der Waals surface area contributed by atoms with Crippen LogP contribution in [0.2, 0.25) is 0 Å². The zero-order valence-corrected chi connectivity index (χ0v) is 12.3. The van der Waals surface area contributed by atoms with Crippen LogP contribution in [0, 0.1) is 11.8 Å². The summed E-state index contributed by atoms with van der Waals surface area (Å²) < 4.78 is 1.93. The highest BCUT2D eigenvalue weighted by atomic mass is 16.3. The van der Waals surface area contributed by atoms with Crippen molar-refractivity contribution in [2.24, 2.45) is 11.8 Å². The largest absolute Gasteiger partial charge is 0.389 e. The monoisotopic (exact) mass is 266 g/mol. The number of hydrogen-bond acceptors (Lipinski definition) is 4. The second-order valence-corrected chi connectivity index (χ2v) is 6.33. The Hall–Kier alpha value is -0.940. The fourth-order valence-electron chi connectivity index (χ4n) is 2.77. The van der Waals surface area contributed by atoms with Gasteiger partial charge in [-0.25, -0.2) is 9.67 Å². The van der Waals surface area contributed by atoms with E-state index in [1.54, 1.807) is 6.33 Å². The quantitative estimate of drug-likeness (QED) is 0.841. The molecule has 2 heterocycles. The maximum atomic E-state index is 10.7. The molecule has 5 nitrogen and oxygen atoms in total. The van der Waals surface area contributed by atoms with Crippen molar-refractivity contribution in [1.29, 1.82) is 0 Å². The molecular formula is C14H26N4O. The van der Waals surface area contributed by atoms with Gasteiger partial charge in [0, 0.05) is 25.4 Å². The molecule has 1 fully saturated rings. The maximum absolute atomic E-state index is 10.7. The summed E-state index contributed by atoms with van der Waals surface area (Å²) in [6.45, 7) is 9.07. The summed E-state index contributed by atoms with van der Waals surface area (Å²) >= 11 is 0. The van der Waals surface area contributed by atoms with Crippen molar-refractivity contribution < 1.29 is 5.11 Å². The molecule has 0 aromatic carbocycles. The first-order valence-corrected chi connectivity index (χ1v) is 7.29. The lowest BCUT2D eigenvalue weighted by molar-refractivity contribution is -0.0127. The first-order chi connectivity index (χ1) is 8.99. The fourth-order valence-corrected chi connectivity index (χ4v) is 2.77. The van der Waals surface area contributed by atoms with Crippen molar-refractivity contribution in [2.75, 3.05) is 13.1 Å². The Balaban J connectivity index is 2.04. The lowest BCUT2D eigenvalue weighted by atomic mass is 9.81. The molecule has 5 heteroatoms. The van der Waals surface area contributed by atoms with Crippen molar-refractivity contribution in [3.8, 4) is 0 Å². The van der Waals surface area contributed by atoms with Gasteiger partial charge in [-0.05, 0) is 32.2 Å². The molecule has 0 amide bonds. The Morgan fingerprint density at radius 2 is 2.37 bits per heavy atom. The van der Waals surface area contributed by atoms with E-state index < -0.39 is 5.60 Å². The van der Waals surface area contributed by atoms with E-state index in [2.05, 4.69) is 29.2 Å². The third kappa shape index (κ3) is 3.76. The Kier molecular flexibility index (Phi) is 4.58. The Bertz CT molecular complexity index is 394. The number of rotatable bonds is 5. The van der Waals surface area contributed by atoms with E-state index in [1.807, 2.05) is 11.6 Å². The van der Waals surface area contributed by atoms with Gasteiger partial charge in [-0.1, -0.05) is 13.8 Å². The molecule has 0 aliphatic carbocycles. The van der Waals surface area contributed by atoms with Gasteiger partial charge in [-0.15, -0.1) is 0 Å². The van der Waals surface area contributed by atoms with Crippen molar-refractivity contribution >= 4 is 0 Å². The molecule has 1 saturated heterocycles. The molecular weight excluding hydrogens is 240 g/mol. The maximum Gasteiger partial charge on any atom is 0.138 e. The summed E-state index contributed by atoms with van der Waals surface area (Å²) in [6.07, 6.45) is 4.39. The molecule has 0 saturated carbocycles. The Morgan fingerprint density at radius 3 is 3.00 bits per heavy atom. The van der Waals surface area contributed by atoms with Gasteiger partial charge in [0.1, 0.15) is 12.2 Å². The van der Waals surface area contributed by atoms with Gasteiger partial charge in [-0.3, -0.25) is 0 Å². The van der Waals surface area contributed by atoms with Gasteiger partial charge in [0.15, 0.2) is 0 Å². The lowest BCUT2D eigenvalue weighted by Gasteiger charge is -2.35. The number of piperidine rings is 1. The molecule has 19 heavy (non-hydrogen) atoms. The second-order valence-electron chi connectivity index (χ2n) is 6.33. The molecule has 1 aromatic rings. The van der Waals surface area contributed by atoms with Gasteiger partial charge in [0.2, 0.25) is 0 Å². The van der Waals surface area contributed by atoms with E-state index in [4.69, 9.17) is 0 Å². The van der Waals surface area contributed by atoms with Crippen LogP contribution in [0.25, 0.3) is 0 Å². The number of hydrogen-bond donors (Lipinski definition) is 2. The minimum absolute atomic E-state index is 0.297. The zero-order valence-electron chi connectivity index (χ0n) is 12.3. The molecule has 1 aliphatic rings. The van der Waals surface area contributed by atoms with E-state index >= 15 is 0 Å². The predicted molar refractivity (Wildman–Crippen MR) is 74.8 cm³/mol. The average molecular weight is 266 g/mol. The van der Waals surface area contributed by atoms with Crippen molar-refractivity contribution in [1.82, 2.24) is 20.1 Å². The van der Waals surface area contributed by atoms with Crippen molar-refractivity contribution in [2.45, 2.75) is 52.2 Å². The highest BCUT2D eigenvalue weighted by Crippen LogP contribution is 2.27. The lowest BCUT2D eigenvalue weighted by Crippen LogP contribution is -2.46. The standard InChI is InChI=1S/C14H26N4O/c1-11(2)9-18-13(16-10-17-18)7-14(3,19)12-5-4-6-15-8-12/h10-12,15,19H,4-9H2,1-3H3. The normalized spacial score (nSPS) is 23.5. The fraction of sp³-hybridized carbons (Fsp3) is 0.857. The van der Waals surface area contributed by atoms with Crippen molar-refractivity contribution in [3.63, 3.8) is 0 Å². The molecule has 2 N–H and O–H groups in total. The Labute approximate surface area is 115 Å². The van der Waals surface area contributed by atoms with Gasteiger partial charge >= 0.3 is 0 Å². The van der Waals surface area contributed by atoms with E-state index in [9.17, 15) is 5.11 Å². The summed E-state index contributed by atoms with van der Waals surface area (Å²) in [5.41, 5.74) is -0.713. The number of aromatic nitrogens is 3. The molecule has 108 valence electrons. The molecule has 0 spiro atoms. The minimum Gasteiger partial charge on any atom is -0.389 e. The van der Waals surface area contributed by atoms with Gasteiger partial charge < -0.3 is 10.4 Å².